The third kappa shape index (κ3) is 1.88. The zero-order valence-corrected chi connectivity index (χ0v) is 9.44. The van der Waals surface area contributed by atoms with Crippen molar-refractivity contribution in [3.8, 4) is 11.4 Å². The van der Waals surface area contributed by atoms with Crippen molar-refractivity contribution in [1.82, 2.24) is 14.5 Å². The van der Waals surface area contributed by atoms with E-state index >= 15 is 0 Å². The summed E-state index contributed by atoms with van der Waals surface area (Å²) in [5, 5.41) is 0.656. The first-order valence-electron chi connectivity index (χ1n) is 4.83. The zero-order chi connectivity index (χ0) is 10.8. The molecule has 0 radical (unpaired) electrons. The van der Waals surface area contributed by atoms with Crippen LogP contribution in [0.4, 0.5) is 0 Å². The minimum absolute atomic E-state index is 0.287. The summed E-state index contributed by atoms with van der Waals surface area (Å²) in [4.78, 5) is 8.37. The van der Waals surface area contributed by atoms with E-state index in [0.29, 0.717) is 5.15 Å². The van der Waals surface area contributed by atoms with Crippen LogP contribution in [-0.2, 0) is 0 Å². The molecular weight excluding hydrogens is 210 g/mol. The minimum Gasteiger partial charge on any atom is -0.313 e. The third-order valence-corrected chi connectivity index (χ3v) is 2.47. The SMILES string of the molecule is CC(C)n1c(Cl)cnc1-c1cccnc1. The average Bonchev–Trinajstić information content (AvgIpc) is 2.61. The fourth-order valence-corrected chi connectivity index (χ4v) is 1.86. The highest BCUT2D eigenvalue weighted by molar-refractivity contribution is 6.29. The highest BCUT2D eigenvalue weighted by atomic mass is 35.5. The fraction of sp³-hybridized carbons (Fsp3) is 0.273. The molecule has 0 bridgehead atoms. The molecule has 0 saturated heterocycles. The summed E-state index contributed by atoms with van der Waals surface area (Å²) in [6.45, 7) is 4.15. The van der Waals surface area contributed by atoms with Crippen LogP contribution in [0, 0.1) is 0 Å². The number of imidazole rings is 1. The Morgan fingerprint density at radius 1 is 1.33 bits per heavy atom. The standard InChI is InChI=1S/C11H12ClN3/c1-8(2)15-10(12)7-14-11(15)9-4-3-5-13-6-9/h3-8H,1-2H3. The predicted molar refractivity (Wildman–Crippen MR) is 60.9 cm³/mol. The van der Waals surface area contributed by atoms with Crippen LogP contribution in [0.3, 0.4) is 0 Å². The Labute approximate surface area is 93.7 Å². The molecule has 0 fully saturated rings. The molecule has 0 atom stereocenters. The molecule has 0 aliphatic carbocycles. The van der Waals surface area contributed by atoms with Crippen molar-refractivity contribution in [2.45, 2.75) is 19.9 Å². The van der Waals surface area contributed by atoms with Crippen molar-refractivity contribution in [3.05, 3.63) is 35.9 Å². The number of hydrogen-bond acceptors (Lipinski definition) is 2. The first kappa shape index (κ1) is 10.2. The normalized spacial score (nSPS) is 10.9. The van der Waals surface area contributed by atoms with Gasteiger partial charge in [-0.3, -0.25) is 4.98 Å². The van der Waals surface area contributed by atoms with E-state index in [4.69, 9.17) is 11.6 Å². The van der Waals surface area contributed by atoms with Crippen LogP contribution in [-0.4, -0.2) is 14.5 Å². The van der Waals surface area contributed by atoms with Crippen molar-refractivity contribution in [2.24, 2.45) is 0 Å². The average molecular weight is 222 g/mol. The molecule has 0 aromatic carbocycles. The van der Waals surface area contributed by atoms with Gasteiger partial charge in [0.25, 0.3) is 0 Å². The van der Waals surface area contributed by atoms with Gasteiger partial charge in [0.1, 0.15) is 11.0 Å². The smallest absolute Gasteiger partial charge is 0.142 e. The maximum atomic E-state index is 6.07. The summed E-state index contributed by atoms with van der Waals surface area (Å²) >= 11 is 6.07. The van der Waals surface area contributed by atoms with E-state index < -0.39 is 0 Å². The second-order valence-corrected chi connectivity index (χ2v) is 4.00. The Hall–Kier alpha value is -1.35. The molecule has 15 heavy (non-hydrogen) atoms. The summed E-state index contributed by atoms with van der Waals surface area (Å²) in [7, 11) is 0. The van der Waals surface area contributed by atoms with Crippen molar-refractivity contribution in [1.29, 1.82) is 0 Å². The highest BCUT2D eigenvalue weighted by Gasteiger charge is 2.12. The monoisotopic (exact) mass is 221 g/mol. The molecule has 2 aromatic heterocycles. The van der Waals surface area contributed by atoms with Gasteiger partial charge in [-0.25, -0.2) is 4.98 Å². The van der Waals surface area contributed by atoms with E-state index in [2.05, 4.69) is 23.8 Å². The Morgan fingerprint density at radius 3 is 2.73 bits per heavy atom. The lowest BCUT2D eigenvalue weighted by molar-refractivity contribution is 0.607. The van der Waals surface area contributed by atoms with Crippen molar-refractivity contribution in [2.75, 3.05) is 0 Å². The summed E-state index contributed by atoms with van der Waals surface area (Å²) in [5.74, 6) is 0.864. The van der Waals surface area contributed by atoms with Gasteiger partial charge in [-0.2, -0.15) is 0 Å². The second-order valence-electron chi connectivity index (χ2n) is 3.61. The van der Waals surface area contributed by atoms with Crippen molar-refractivity contribution >= 4 is 11.6 Å². The van der Waals surface area contributed by atoms with Gasteiger partial charge in [-0.1, -0.05) is 11.6 Å². The Morgan fingerprint density at radius 2 is 2.13 bits per heavy atom. The summed E-state index contributed by atoms with van der Waals surface area (Å²) in [6, 6.07) is 4.16. The Bertz CT molecular complexity index is 448. The summed E-state index contributed by atoms with van der Waals surface area (Å²) in [6.07, 6.45) is 5.20. The number of aromatic nitrogens is 3. The van der Waals surface area contributed by atoms with Crippen LogP contribution in [0.15, 0.2) is 30.7 Å². The molecule has 0 spiro atoms. The second kappa shape index (κ2) is 4.03. The van der Waals surface area contributed by atoms with Gasteiger partial charge < -0.3 is 4.57 Å². The van der Waals surface area contributed by atoms with E-state index in [9.17, 15) is 0 Å². The van der Waals surface area contributed by atoms with Crippen LogP contribution in [0.5, 0.6) is 0 Å². The molecule has 2 aromatic rings. The molecule has 2 heterocycles. The maximum Gasteiger partial charge on any atom is 0.142 e. The summed E-state index contributed by atoms with van der Waals surface area (Å²) in [5.41, 5.74) is 0.984. The number of halogens is 1. The fourth-order valence-electron chi connectivity index (χ4n) is 1.54. The van der Waals surface area contributed by atoms with Gasteiger partial charge in [0.05, 0.1) is 6.20 Å². The molecule has 0 aliphatic rings. The lowest BCUT2D eigenvalue weighted by Gasteiger charge is -2.12. The molecule has 0 unspecified atom stereocenters. The summed E-state index contributed by atoms with van der Waals surface area (Å²) < 4.78 is 1.98. The molecule has 78 valence electrons. The van der Waals surface area contributed by atoms with E-state index in [1.807, 2.05) is 16.7 Å². The molecular formula is C11H12ClN3. The molecule has 2 rings (SSSR count). The van der Waals surface area contributed by atoms with E-state index in [0.717, 1.165) is 11.4 Å². The van der Waals surface area contributed by atoms with Crippen LogP contribution < -0.4 is 0 Å². The molecule has 0 amide bonds. The molecule has 0 aliphatic heterocycles. The Kier molecular flexibility index (Phi) is 2.73. The lowest BCUT2D eigenvalue weighted by Crippen LogP contribution is -2.03. The maximum absolute atomic E-state index is 6.07. The number of hydrogen-bond donors (Lipinski definition) is 0. The van der Waals surface area contributed by atoms with Crippen LogP contribution in [0.1, 0.15) is 19.9 Å². The highest BCUT2D eigenvalue weighted by Crippen LogP contribution is 2.25. The van der Waals surface area contributed by atoms with Gasteiger partial charge in [0.15, 0.2) is 0 Å². The first-order valence-corrected chi connectivity index (χ1v) is 5.21. The topological polar surface area (TPSA) is 30.7 Å². The quantitative estimate of drug-likeness (QED) is 0.780. The third-order valence-electron chi connectivity index (χ3n) is 2.19. The largest absolute Gasteiger partial charge is 0.313 e. The van der Waals surface area contributed by atoms with Gasteiger partial charge >= 0.3 is 0 Å². The molecule has 0 N–H and O–H groups in total. The predicted octanol–water partition coefficient (Wildman–Crippen LogP) is 3.18. The van der Waals surface area contributed by atoms with E-state index in [1.165, 1.54) is 0 Å². The van der Waals surface area contributed by atoms with Crippen LogP contribution in [0.25, 0.3) is 11.4 Å². The van der Waals surface area contributed by atoms with Crippen molar-refractivity contribution < 1.29 is 0 Å². The molecule has 4 heteroatoms. The van der Waals surface area contributed by atoms with Crippen molar-refractivity contribution in [3.63, 3.8) is 0 Å². The number of pyridine rings is 1. The van der Waals surface area contributed by atoms with Crippen LogP contribution in [0.2, 0.25) is 5.15 Å². The van der Waals surface area contributed by atoms with E-state index in [-0.39, 0.29) is 6.04 Å². The lowest BCUT2D eigenvalue weighted by atomic mass is 10.2. The van der Waals surface area contributed by atoms with Gasteiger partial charge in [-0.05, 0) is 26.0 Å². The molecule has 0 saturated carbocycles. The zero-order valence-electron chi connectivity index (χ0n) is 8.68. The molecule has 3 nitrogen and oxygen atoms in total. The van der Waals surface area contributed by atoms with Gasteiger partial charge in [0.2, 0.25) is 0 Å². The Balaban J connectivity index is 2.54. The number of rotatable bonds is 2. The first-order chi connectivity index (χ1) is 7.20. The number of nitrogens with zero attached hydrogens (tertiary/aromatic N) is 3. The van der Waals surface area contributed by atoms with Crippen LogP contribution >= 0.6 is 11.6 Å². The van der Waals surface area contributed by atoms with Gasteiger partial charge in [0, 0.05) is 24.0 Å². The van der Waals surface area contributed by atoms with Gasteiger partial charge in [-0.15, -0.1) is 0 Å². The van der Waals surface area contributed by atoms with E-state index in [1.54, 1.807) is 18.6 Å². The minimum atomic E-state index is 0.287.